The van der Waals surface area contributed by atoms with E-state index in [0.717, 1.165) is 18.4 Å². The molecule has 1 aromatic rings. The van der Waals surface area contributed by atoms with Crippen molar-refractivity contribution in [2.75, 3.05) is 31.8 Å². The summed E-state index contributed by atoms with van der Waals surface area (Å²) in [4.78, 5) is 14.9. The lowest BCUT2D eigenvalue weighted by Gasteiger charge is -2.30. The van der Waals surface area contributed by atoms with Crippen molar-refractivity contribution in [2.45, 2.75) is 43.7 Å². The molecule has 1 fully saturated rings. The Morgan fingerprint density at radius 2 is 1.83 bits per heavy atom. The lowest BCUT2D eigenvalue weighted by atomic mass is 10.1. The van der Waals surface area contributed by atoms with E-state index in [-0.39, 0.29) is 11.9 Å². The standard InChI is InChI=1S/C19H29NO2S2/c1-4-17(5-2)20(11-12-22-3)18(21)15-7-9-16(10-8-15)19-23-13-6-14-24-19/h7-10,17,19H,4-6,11-14H2,1-3H3. The van der Waals surface area contributed by atoms with Crippen LogP contribution in [0.1, 0.15) is 53.6 Å². The highest BCUT2D eigenvalue weighted by atomic mass is 32.2. The average molecular weight is 368 g/mol. The van der Waals surface area contributed by atoms with Crippen molar-refractivity contribution in [2.24, 2.45) is 0 Å². The minimum absolute atomic E-state index is 0.122. The van der Waals surface area contributed by atoms with E-state index >= 15 is 0 Å². The van der Waals surface area contributed by atoms with E-state index in [1.54, 1.807) is 7.11 Å². The SMILES string of the molecule is CCC(CC)N(CCOC)C(=O)c1ccc(C2SCCCS2)cc1. The first kappa shape index (κ1) is 19.7. The summed E-state index contributed by atoms with van der Waals surface area (Å²) in [6.45, 7) is 5.51. The molecule has 0 N–H and O–H groups in total. The minimum Gasteiger partial charge on any atom is -0.383 e. The van der Waals surface area contributed by atoms with Crippen LogP contribution >= 0.6 is 23.5 Å². The van der Waals surface area contributed by atoms with Gasteiger partial charge in [-0.3, -0.25) is 4.79 Å². The van der Waals surface area contributed by atoms with Gasteiger partial charge in [0.15, 0.2) is 0 Å². The number of thioether (sulfide) groups is 2. The highest BCUT2D eigenvalue weighted by molar-refractivity contribution is 8.16. The predicted octanol–water partition coefficient (Wildman–Crippen LogP) is 4.83. The second kappa shape index (κ2) is 10.4. The molecule has 134 valence electrons. The Morgan fingerprint density at radius 3 is 2.38 bits per heavy atom. The zero-order valence-electron chi connectivity index (χ0n) is 15.0. The molecule has 1 aliphatic heterocycles. The van der Waals surface area contributed by atoms with Crippen LogP contribution in [0.4, 0.5) is 0 Å². The zero-order valence-corrected chi connectivity index (χ0v) is 16.6. The highest BCUT2D eigenvalue weighted by Crippen LogP contribution is 2.43. The van der Waals surface area contributed by atoms with E-state index in [0.29, 0.717) is 17.7 Å². The van der Waals surface area contributed by atoms with Crippen LogP contribution in [0.2, 0.25) is 0 Å². The quantitative estimate of drug-likeness (QED) is 0.658. The van der Waals surface area contributed by atoms with Gasteiger partial charge in [-0.25, -0.2) is 0 Å². The van der Waals surface area contributed by atoms with E-state index in [1.165, 1.54) is 23.5 Å². The van der Waals surface area contributed by atoms with Crippen LogP contribution < -0.4 is 0 Å². The van der Waals surface area contributed by atoms with E-state index in [4.69, 9.17) is 4.74 Å². The molecular weight excluding hydrogens is 338 g/mol. The fourth-order valence-corrected chi connectivity index (χ4v) is 5.89. The van der Waals surface area contributed by atoms with Crippen LogP contribution in [0.15, 0.2) is 24.3 Å². The lowest BCUT2D eigenvalue weighted by Crippen LogP contribution is -2.41. The summed E-state index contributed by atoms with van der Waals surface area (Å²) in [6, 6.07) is 8.53. The van der Waals surface area contributed by atoms with Gasteiger partial charge in [0, 0.05) is 25.3 Å². The van der Waals surface area contributed by atoms with Gasteiger partial charge < -0.3 is 9.64 Å². The molecular formula is C19H29NO2S2. The van der Waals surface area contributed by atoms with Gasteiger partial charge in [-0.1, -0.05) is 26.0 Å². The maximum atomic E-state index is 13.0. The summed E-state index contributed by atoms with van der Waals surface area (Å²) in [5.74, 6) is 2.59. The number of carbonyl (C=O) groups excluding carboxylic acids is 1. The van der Waals surface area contributed by atoms with Crippen molar-refractivity contribution in [3.8, 4) is 0 Å². The number of hydrogen-bond donors (Lipinski definition) is 0. The second-order valence-corrected chi connectivity index (χ2v) is 8.74. The van der Waals surface area contributed by atoms with Crippen molar-refractivity contribution in [1.29, 1.82) is 0 Å². The van der Waals surface area contributed by atoms with Gasteiger partial charge in [0.2, 0.25) is 0 Å². The molecule has 2 rings (SSSR count). The topological polar surface area (TPSA) is 29.5 Å². The minimum atomic E-state index is 0.122. The summed E-state index contributed by atoms with van der Waals surface area (Å²) in [7, 11) is 1.68. The molecule has 0 aromatic heterocycles. The predicted molar refractivity (Wildman–Crippen MR) is 106 cm³/mol. The van der Waals surface area contributed by atoms with E-state index < -0.39 is 0 Å². The Morgan fingerprint density at radius 1 is 1.21 bits per heavy atom. The molecule has 0 saturated carbocycles. The van der Waals surface area contributed by atoms with Crippen LogP contribution in [0, 0.1) is 0 Å². The van der Waals surface area contributed by atoms with Gasteiger partial charge in [-0.05, 0) is 48.5 Å². The van der Waals surface area contributed by atoms with Gasteiger partial charge in [-0.15, -0.1) is 23.5 Å². The number of nitrogens with zero attached hydrogens (tertiary/aromatic N) is 1. The van der Waals surface area contributed by atoms with Crippen molar-refractivity contribution in [1.82, 2.24) is 4.90 Å². The van der Waals surface area contributed by atoms with Gasteiger partial charge >= 0.3 is 0 Å². The van der Waals surface area contributed by atoms with Crippen molar-refractivity contribution in [3.05, 3.63) is 35.4 Å². The Hall–Kier alpha value is -0.650. The van der Waals surface area contributed by atoms with E-state index in [1.807, 2.05) is 40.6 Å². The van der Waals surface area contributed by atoms with Gasteiger partial charge in [0.1, 0.15) is 0 Å². The summed E-state index contributed by atoms with van der Waals surface area (Å²) >= 11 is 4.02. The summed E-state index contributed by atoms with van der Waals surface area (Å²) < 4.78 is 5.72. The van der Waals surface area contributed by atoms with Crippen LogP contribution in [0.25, 0.3) is 0 Å². The molecule has 1 aliphatic rings. The van der Waals surface area contributed by atoms with Crippen LogP contribution in [0.3, 0.4) is 0 Å². The highest BCUT2D eigenvalue weighted by Gasteiger charge is 2.23. The van der Waals surface area contributed by atoms with Crippen molar-refractivity contribution >= 4 is 29.4 Å². The maximum absolute atomic E-state index is 13.0. The number of ether oxygens (including phenoxy) is 1. The van der Waals surface area contributed by atoms with Crippen molar-refractivity contribution < 1.29 is 9.53 Å². The van der Waals surface area contributed by atoms with E-state index in [2.05, 4.69) is 26.0 Å². The van der Waals surface area contributed by atoms with E-state index in [9.17, 15) is 4.79 Å². The average Bonchev–Trinajstić information content (AvgIpc) is 2.65. The molecule has 0 radical (unpaired) electrons. The number of amides is 1. The maximum Gasteiger partial charge on any atom is 0.254 e. The molecule has 0 atom stereocenters. The second-order valence-electron chi connectivity index (χ2n) is 6.01. The Balaban J connectivity index is 2.10. The molecule has 1 aromatic carbocycles. The molecule has 0 spiro atoms. The fourth-order valence-electron chi connectivity index (χ4n) is 3.00. The Labute approximate surface area is 154 Å². The van der Waals surface area contributed by atoms with Crippen LogP contribution in [0.5, 0.6) is 0 Å². The third-order valence-electron chi connectivity index (χ3n) is 4.44. The molecule has 24 heavy (non-hydrogen) atoms. The summed E-state index contributed by atoms with van der Waals surface area (Å²) in [5, 5.41) is 0. The number of carbonyl (C=O) groups is 1. The third kappa shape index (κ3) is 5.17. The normalized spacial score (nSPS) is 15.7. The largest absolute Gasteiger partial charge is 0.383 e. The number of methoxy groups -OCH3 is 1. The first-order valence-corrected chi connectivity index (χ1v) is 10.9. The number of rotatable bonds is 8. The first-order chi connectivity index (χ1) is 11.7. The van der Waals surface area contributed by atoms with Crippen molar-refractivity contribution in [3.63, 3.8) is 0 Å². The fraction of sp³-hybridized carbons (Fsp3) is 0.632. The van der Waals surface area contributed by atoms with Crippen LogP contribution in [-0.2, 0) is 4.74 Å². The molecule has 0 unspecified atom stereocenters. The Kier molecular flexibility index (Phi) is 8.50. The summed E-state index contributed by atoms with van der Waals surface area (Å²) in [6.07, 6.45) is 3.24. The zero-order chi connectivity index (χ0) is 17.4. The smallest absolute Gasteiger partial charge is 0.254 e. The lowest BCUT2D eigenvalue weighted by molar-refractivity contribution is 0.0589. The monoisotopic (exact) mass is 367 g/mol. The number of benzene rings is 1. The molecule has 3 nitrogen and oxygen atoms in total. The first-order valence-electron chi connectivity index (χ1n) is 8.84. The van der Waals surface area contributed by atoms with Crippen LogP contribution in [-0.4, -0.2) is 48.6 Å². The molecule has 1 amide bonds. The molecule has 1 heterocycles. The molecule has 0 aliphatic carbocycles. The summed E-state index contributed by atoms with van der Waals surface area (Å²) in [5.41, 5.74) is 2.11. The molecule has 1 saturated heterocycles. The Bertz CT molecular complexity index is 497. The molecule has 5 heteroatoms. The van der Waals surface area contributed by atoms with Gasteiger partial charge in [0.25, 0.3) is 5.91 Å². The third-order valence-corrected chi connectivity index (χ3v) is 7.45. The number of hydrogen-bond acceptors (Lipinski definition) is 4. The van der Waals surface area contributed by atoms with Gasteiger partial charge in [0.05, 0.1) is 11.2 Å². The van der Waals surface area contributed by atoms with Gasteiger partial charge in [-0.2, -0.15) is 0 Å². The molecule has 0 bridgehead atoms.